The van der Waals surface area contributed by atoms with Crippen molar-refractivity contribution >= 4 is 32.7 Å². The number of hydrogen-bond acceptors (Lipinski definition) is 1. The van der Waals surface area contributed by atoms with Crippen LogP contribution >= 0.6 is 0 Å². The smallest absolute Gasteiger partial charge is 0.216 e. The van der Waals surface area contributed by atoms with E-state index in [-0.39, 0.29) is 5.82 Å². The standard InChI is InChI=1S/C29H21FNO/c1-18-10-13-23-25-17-22(30)16-24(21-12-11-19-7-3-4-8-20(19)15-21)28(25)32-29(23)27(18)26-9-5-6-14-31(26)2/h3-17H,1-2H3/q+1. The highest BCUT2D eigenvalue weighted by Gasteiger charge is 2.22. The van der Waals surface area contributed by atoms with E-state index in [9.17, 15) is 4.39 Å². The number of nitrogens with zero attached hydrogens (tertiary/aromatic N) is 1. The molecule has 0 fully saturated rings. The third-order valence-corrected chi connectivity index (χ3v) is 6.29. The van der Waals surface area contributed by atoms with Gasteiger partial charge in [0.15, 0.2) is 6.20 Å². The second kappa shape index (κ2) is 7.03. The van der Waals surface area contributed by atoms with Gasteiger partial charge in [-0.25, -0.2) is 8.96 Å². The Bertz CT molecular complexity index is 1660. The number of rotatable bonds is 2. The number of halogens is 1. The number of aromatic nitrogens is 1. The Morgan fingerprint density at radius 2 is 1.56 bits per heavy atom. The van der Waals surface area contributed by atoms with E-state index < -0.39 is 0 Å². The lowest BCUT2D eigenvalue weighted by molar-refractivity contribution is -0.660. The van der Waals surface area contributed by atoms with E-state index >= 15 is 0 Å². The van der Waals surface area contributed by atoms with Gasteiger partial charge in [-0.2, -0.15) is 0 Å². The average molecular weight is 418 g/mol. The fourth-order valence-corrected chi connectivity index (χ4v) is 4.68. The molecule has 4 aromatic carbocycles. The lowest BCUT2D eigenvalue weighted by Gasteiger charge is -2.06. The lowest BCUT2D eigenvalue weighted by Crippen LogP contribution is -2.30. The van der Waals surface area contributed by atoms with Gasteiger partial charge in [-0.15, -0.1) is 0 Å². The number of aryl methyl sites for hydroxylation is 2. The highest BCUT2D eigenvalue weighted by molar-refractivity contribution is 6.13. The first-order chi connectivity index (χ1) is 15.6. The molecule has 2 nitrogen and oxygen atoms in total. The molecule has 0 N–H and O–H groups in total. The highest BCUT2D eigenvalue weighted by atomic mass is 19.1. The molecule has 2 heterocycles. The van der Waals surface area contributed by atoms with Crippen molar-refractivity contribution in [3.63, 3.8) is 0 Å². The minimum absolute atomic E-state index is 0.268. The zero-order chi connectivity index (χ0) is 21.8. The summed E-state index contributed by atoms with van der Waals surface area (Å²) in [6, 6.07) is 27.8. The van der Waals surface area contributed by atoms with Gasteiger partial charge >= 0.3 is 0 Å². The fraction of sp³-hybridized carbons (Fsp3) is 0.0690. The van der Waals surface area contributed by atoms with Crippen LogP contribution in [-0.2, 0) is 7.05 Å². The molecule has 3 heteroatoms. The molecule has 0 aliphatic rings. The largest absolute Gasteiger partial charge is 0.454 e. The lowest BCUT2D eigenvalue weighted by atomic mass is 9.97. The molecule has 6 rings (SSSR count). The third kappa shape index (κ3) is 2.82. The number of fused-ring (bicyclic) bond motifs is 4. The molecular weight excluding hydrogens is 397 g/mol. The fourth-order valence-electron chi connectivity index (χ4n) is 4.68. The van der Waals surface area contributed by atoms with Crippen LogP contribution < -0.4 is 4.57 Å². The zero-order valence-corrected chi connectivity index (χ0v) is 17.9. The summed E-state index contributed by atoms with van der Waals surface area (Å²) in [7, 11) is 2.02. The molecule has 2 aromatic heterocycles. The number of pyridine rings is 1. The van der Waals surface area contributed by atoms with Gasteiger partial charge in [0.25, 0.3) is 0 Å². The quantitative estimate of drug-likeness (QED) is 0.269. The maximum absolute atomic E-state index is 14.8. The van der Waals surface area contributed by atoms with Gasteiger partial charge in [-0.1, -0.05) is 48.5 Å². The van der Waals surface area contributed by atoms with Crippen LogP contribution in [0.4, 0.5) is 4.39 Å². The van der Waals surface area contributed by atoms with E-state index in [0.29, 0.717) is 5.58 Å². The molecule has 6 aromatic rings. The van der Waals surface area contributed by atoms with Crippen LogP contribution in [0.25, 0.3) is 55.1 Å². The monoisotopic (exact) mass is 418 g/mol. The molecular formula is C29H21FNO+. The van der Waals surface area contributed by atoms with Crippen molar-refractivity contribution in [1.29, 1.82) is 0 Å². The Balaban J connectivity index is 1.70. The SMILES string of the molecule is Cc1ccc2c(oc3c(-c4ccc5ccccc5c4)cc(F)cc32)c1-c1cccc[n+]1C. The zero-order valence-electron chi connectivity index (χ0n) is 17.9. The molecule has 32 heavy (non-hydrogen) atoms. The van der Waals surface area contributed by atoms with Gasteiger partial charge in [-0.05, 0) is 53.1 Å². The second-order valence-corrected chi connectivity index (χ2v) is 8.32. The van der Waals surface area contributed by atoms with Crippen molar-refractivity contribution < 1.29 is 13.4 Å². The molecule has 0 saturated heterocycles. The Morgan fingerprint density at radius 3 is 2.41 bits per heavy atom. The predicted octanol–water partition coefficient (Wildman–Crippen LogP) is 7.35. The third-order valence-electron chi connectivity index (χ3n) is 6.29. The molecule has 0 bridgehead atoms. The van der Waals surface area contributed by atoms with Crippen molar-refractivity contribution in [2.75, 3.05) is 0 Å². The van der Waals surface area contributed by atoms with Crippen molar-refractivity contribution in [3.05, 3.63) is 103 Å². The number of benzene rings is 4. The second-order valence-electron chi connectivity index (χ2n) is 8.32. The molecule has 0 unspecified atom stereocenters. The van der Waals surface area contributed by atoms with Gasteiger partial charge in [0.2, 0.25) is 5.69 Å². The maximum atomic E-state index is 14.8. The molecule has 0 atom stereocenters. The summed E-state index contributed by atoms with van der Waals surface area (Å²) < 4.78 is 23.5. The molecule has 0 radical (unpaired) electrons. The van der Waals surface area contributed by atoms with E-state index in [1.165, 1.54) is 0 Å². The summed E-state index contributed by atoms with van der Waals surface area (Å²) in [6.07, 6.45) is 2.02. The summed E-state index contributed by atoms with van der Waals surface area (Å²) in [5, 5.41) is 3.99. The predicted molar refractivity (Wildman–Crippen MR) is 128 cm³/mol. The van der Waals surface area contributed by atoms with Crippen molar-refractivity contribution in [2.24, 2.45) is 7.05 Å². The highest BCUT2D eigenvalue weighted by Crippen LogP contribution is 2.41. The molecule has 154 valence electrons. The van der Waals surface area contributed by atoms with Crippen LogP contribution in [0.1, 0.15) is 5.56 Å². The number of hydrogen-bond donors (Lipinski definition) is 0. The molecule has 0 amide bonds. The van der Waals surface area contributed by atoms with E-state index in [2.05, 4.69) is 47.9 Å². The summed E-state index contributed by atoms with van der Waals surface area (Å²) >= 11 is 0. The minimum atomic E-state index is -0.268. The van der Waals surface area contributed by atoms with Crippen LogP contribution in [0.3, 0.4) is 0 Å². The van der Waals surface area contributed by atoms with Crippen molar-refractivity contribution in [1.82, 2.24) is 0 Å². The first-order valence-electron chi connectivity index (χ1n) is 10.7. The molecule has 0 saturated carbocycles. The summed E-state index contributed by atoms with van der Waals surface area (Å²) in [6.45, 7) is 2.08. The van der Waals surface area contributed by atoms with Crippen LogP contribution in [-0.4, -0.2) is 0 Å². The first-order valence-corrected chi connectivity index (χ1v) is 10.7. The topological polar surface area (TPSA) is 17.0 Å². The van der Waals surface area contributed by atoms with Crippen LogP contribution in [0.2, 0.25) is 0 Å². The van der Waals surface area contributed by atoms with Crippen molar-refractivity contribution in [3.8, 4) is 22.4 Å². The Hall–Kier alpha value is -3.98. The normalized spacial score (nSPS) is 11.6. The maximum Gasteiger partial charge on any atom is 0.216 e. The van der Waals surface area contributed by atoms with Crippen molar-refractivity contribution in [2.45, 2.75) is 6.92 Å². The first kappa shape index (κ1) is 18.8. The molecule has 0 spiro atoms. The van der Waals surface area contributed by atoms with Crippen LogP contribution in [0, 0.1) is 12.7 Å². The summed E-state index contributed by atoms with van der Waals surface area (Å²) in [5.74, 6) is -0.268. The molecule has 0 aliphatic carbocycles. The summed E-state index contributed by atoms with van der Waals surface area (Å²) in [5.41, 5.74) is 6.41. The molecule has 0 aliphatic heterocycles. The summed E-state index contributed by atoms with van der Waals surface area (Å²) in [4.78, 5) is 0. The van der Waals surface area contributed by atoms with Gasteiger partial charge < -0.3 is 4.42 Å². The minimum Gasteiger partial charge on any atom is -0.454 e. The van der Waals surface area contributed by atoms with E-state index in [1.807, 2.05) is 49.6 Å². The van der Waals surface area contributed by atoms with E-state index in [1.54, 1.807) is 12.1 Å². The Labute approximate surface area is 185 Å². The average Bonchev–Trinajstić information content (AvgIpc) is 3.17. The number of furan rings is 1. The van der Waals surface area contributed by atoms with Crippen LogP contribution in [0.15, 0.2) is 95.5 Å². The van der Waals surface area contributed by atoms with Gasteiger partial charge in [0.1, 0.15) is 24.0 Å². The van der Waals surface area contributed by atoms with Gasteiger partial charge in [-0.3, -0.25) is 0 Å². The Kier molecular flexibility index (Phi) is 4.12. The van der Waals surface area contributed by atoms with Gasteiger partial charge in [0, 0.05) is 28.5 Å². The Morgan fingerprint density at radius 1 is 0.750 bits per heavy atom. The van der Waals surface area contributed by atoms with E-state index in [4.69, 9.17) is 4.42 Å². The van der Waals surface area contributed by atoms with Crippen LogP contribution in [0.5, 0.6) is 0 Å². The van der Waals surface area contributed by atoms with E-state index in [0.717, 1.165) is 55.1 Å². The van der Waals surface area contributed by atoms with Gasteiger partial charge in [0.05, 0.1) is 5.56 Å².